The lowest BCUT2D eigenvalue weighted by molar-refractivity contribution is -0.116. The van der Waals surface area contributed by atoms with Crippen molar-refractivity contribution in [1.29, 1.82) is 0 Å². The zero-order chi connectivity index (χ0) is 21.1. The third kappa shape index (κ3) is 9.18. The molecule has 0 aromatic heterocycles. The molecule has 1 aromatic rings. The van der Waals surface area contributed by atoms with Gasteiger partial charge >= 0.3 is 0 Å². The van der Waals surface area contributed by atoms with Gasteiger partial charge in [0.1, 0.15) is 0 Å². The number of guanidine groups is 1. The van der Waals surface area contributed by atoms with E-state index < -0.39 is 0 Å². The monoisotopic (exact) mass is 531 g/mol. The molecule has 0 unspecified atom stereocenters. The van der Waals surface area contributed by atoms with Gasteiger partial charge in [-0.05, 0) is 56.5 Å². The smallest absolute Gasteiger partial charge is 0.238 e. The number of carbonyl (C=O) groups excluding carboxylic acids is 1. The zero-order valence-corrected chi connectivity index (χ0v) is 21.1. The number of nitrogens with one attached hydrogen (secondary N) is 3. The maximum absolute atomic E-state index is 12.0. The van der Waals surface area contributed by atoms with E-state index in [0.29, 0.717) is 18.5 Å². The van der Waals surface area contributed by atoms with Crippen molar-refractivity contribution in [3.05, 3.63) is 29.8 Å². The summed E-state index contributed by atoms with van der Waals surface area (Å²) in [4.78, 5) is 18.2. The summed E-state index contributed by atoms with van der Waals surface area (Å²) < 4.78 is 5.32. The van der Waals surface area contributed by atoms with Crippen LogP contribution in [0.3, 0.4) is 0 Å². The largest absolute Gasteiger partial charge is 0.385 e. The van der Waals surface area contributed by atoms with Gasteiger partial charge in [0.2, 0.25) is 5.91 Å². The molecule has 1 aliphatic carbocycles. The van der Waals surface area contributed by atoms with Gasteiger partial charge in [0.05, 0.1) is 6.54 Å². The standard InChI is InChI=1S/C22H37N5O2.HI/c1-23-21(25-17-22(12-13-29-4)10-5-6-11-22)24-15-18-8-7-9-19(14-18)26-20(28)16-27(2)3;/h7-9,14H,5-6,10-13,15-17H2,1-4H3,(H,26,28)(H2,23,24,25);1H. The van der Waals surface area contributed by atoms with Gasteiger partial charge < -0.3 is 25.6 Å². The lowest BCUT2D eigenvalue weighted by Gasteiger charge is -2.30. The summed E-state index contributed by atoms with van der Waals surface area (Å²) in [6.07, 6.45) is 6.17. The number of hydrogen-bond acceptors (Lipinski definition) is 4. The molecule has 0 bridgehead atoms. The molecule has 0 heterocycles. The number of methoxy groups -OCH3 is 1. The number of carbonyl (C=O) groups is 1. The van der Waals surface area contributed by atoms with Crippen molar-refractivity contribution >= 4 is 41.5 Å². The molecule has 0 radical (unpaired) electrons. The summed E-state index contributed by atoms with van der Waals surface area (Å²) in [6.45, 7) is 2.72. The normalized spacial score (nSPS) is 15.6. The van der Waals surface area contributed by atoms with Crippen LogP contribution in [0.5, 0.6) is 0 Å². The van der Waals surface area contributed by atoms with Crippen LogP contribution in [0.15, 0.2) is 29.3 Å². The number of amides is 1. The van der Waals surface area contributed by atoms with E-state index in [1.54, 1.807) is 14.2 Å². The highest BCUT2D eigenvalue weighted by molar-refractivity contribution is 14.0. The van der Waals surface area contributed by atoms with E-state index in [-0.39, 0.29) is 29.9 Å². The second-order valence-corrected chi connectivity index (χ2v) is 8.22. The van der Waals surface area contributed by atoms with E-state index >= 15 is 0 Å². The maximum Gasteiger partial charge on any atom is 0.238 e. The van der Waals surface area contributed by atoms with Crippen molar-refractivity contribution in [2.24, 2.45) is 10.4 Å². The van der Waals surface area contributed by atoms with Crippen molar-refractivity contribution in [2.75, 3.05) is 53.3 Å². The van der Waals surface area contributed by atoms with Crippen LogP contribution in [-0.2, 0) is 16.1 Å². The SMILES string of the molecule is CN=C(NCc1cccc(NC(=O)CN(C)C)c1)NCC1(CCOC)CCCC1.I. The minimum atomic E-state index is -0.0181. The van der Waals surface area contributed by atoms with Crippen LogP contribution in [0.4, 0.5) is 5.69 Å². The lowest BCUT2D eigenvalue weighted by Crippen LogP contribution is -2.43. The lowest BCUT2D eigenvalue weighted by atomic mass is 9.83. The molecule has 2 rings (SSSR count). The summed E-state index contributed by atoms with van der Waals surface area (Å²) in [5.41, 5.74) is 2.21. The van der Waals surface area contributed by atoms with Gasteiger partial charge in [-0.15, -0.1) is 24.0 Å². The van der Waals surface area contributed by atoms with Crippen LogP contribution in [0, 0.1) is 5.41 Å². The second-order valence-electron chi connectivity index (χ2n) is 8.22. The summed E-state index contributed by atoms with van der Waals surface area (Å²) in [5, 5.41) is 9.83. The molecule has 30 heavy (non-hydrogen) atoms. The topological polar surface area (TPSA) is 78.0 Å². The quantitative estimate of drug-likeness (QED) is 0.246. The highest BCUT2D eigenvalue weighted by atomic mass is 127. The Hall–Kier alpha value is -1.39. The van der Waals surface area contributed by atoms with E-state index in [1.165, 1.54) is 25.7 Å². The summed E-state index contributed by atoms with van der Waals surface area (Å²) >= 11 is 0. The maximum atomic E-state index is 12.0. The van der Waals surface area contributed by atoms with Gasteiger partial charge in [-0.3, -0.25) is 9.79 Å². The van der Waals surface area contributed by atoms with Crippen LogP contribution >= 0.6 is 24.0 Å². The first kappa shape index (κ1) is 26.6. The Bertz CT molecular complexity index is 675. The number of ether oxygens (including phenoxy) is 1. The number of aliphatic imine (C=N–C) groups is 1. The molecule has 0 aliphatic heterocycles. The fraction of sp³-hybridized carbons (Fsp3) is 0.636. The first-order chi connectivity index (χ1) is 14.0. The van der Waals surface area contributed by atoms with Gasteiger partial charge in [0.15, 0.2) is 5.96 Å². The van der Waals surface area contributed by atoms with Crippen LogP contribution in [-0.4, -0.2) is 64.7 Å². The molecule has 1 fully saturated rings. The number of halogens is 1. The minimum absolute atomic E-state index is 0. The second kappa shape index (κ2) is 13.8. The van der Waals surface area contributed by atoms with E-state index in [0.717, 1.165) is 36.8 Å². The van der Waals surface area contributed by atoms with Gasteiger partial charge in [0, 0.05) is 39.5 Å². The summed E-state index contributed by atoms with van der Waals surface area (Å²) in [7, 11) is 7.32. The summed E-state index contributed by atoms with van der Waals surface area (Å²) in [5.74, 6) is 0.784. The van der Waals surface area contributed by atoms with Crippen molar-refractivity contribution in [3.8, 4) is 0 Å². The highest BCUT2D eigenvalue weighted by Gasteiger charge is 2.33. The van der Waals surface area contributed by atoms with Gasteiger partial charge in [0.25, 0.3) is 0 Å². The average Bonchev–Trinajstić information content (AvgIpc) is 3.15. The summed E-state index contributed by atoms with van der Waals surface area (Å²) in [6, 6.07) is 7.89. The number of anilines is 1. The Morgan fingerprint density at radius 2 is 1.97 bits per heavy atom. The molecule has 1 aromatic carbocycles. The Morgan fingerprint density at radius 3 is 2.60 bits per heavy atom. The number of likely N-dealkylation sites (N-methyl/N-ethyl adjacent to an activating group) is 1. The fourth-order valence-corrected chi connectivity index (χ4v) is 3.88. The predicted molar refractivity (Wildman–Crippen MR) is 135 cm³/mol. The van der Waals surface area contributed by atoms with Gasteiger partial charge in [-0.1, -0.05) is 25.0 Å². The predicted octanol–water partition coefficient (Wildman–Crippen LogP) is 3.07. The molecule has 7 nitrogen and oxygen atoms in total. The zero-order valence-electron chi connectivity index (χ0n) is 18.8. The number of nitrogens with zero attached hydrogens (tertiary/aromatic N) is 2. The number of rotatable bonds is 10. The molecule has 0 saturated heterocycles. The molecule has 1 aliphatic rings. The third-order valence-corrected chi connectivity index (χ3v) is 5.49. The molecule has 0 atom stereocenters. The van der Waals surface area contributed by atoms with E-state index in [9.17, 15) is 4.79 Å². The van der Waals surface area contributed by atoms with E-state index in [4.69, 9.17) is 4.74 Å². The number of benzene rings is 1. The molecular formula is C22H38IN5O2. The molecular weight excluding hydrogens is 493 g/mol. The molecule has 1 amide bonds. The molecule has 170 valence electrons. The minimum Gasteiger partial charge on any atom is -0.385 e. The van der Waals surface area contributed by atoms with Gasteiger partial charge in [-0.25, -0.2) is 0 Å². The van der Waals surface area contributed by atoms with Crippen molar-refractivity contribution in [3.63, 3.8) is 0 Å². The van der Waals surface area contributed by atoms with Crippen molar-refractivity contribution < 1.29 is 9.53 Å². The first-order valence-electron chi connectivity index (χ1n) is 10.4. The molecule has 3 N–H and O–H groups in total. The molecule has 1 saturated carbocycles. The number of hydrogen-bond donors (Lipinski definition) is 3. The van der Waals surface area contributed by atoms with E-state index in [1.807, 2.05) is 43.3 Å². The first-order valence-corrected chi connectivity index (χ1v) is 10.4. The average molecular weight is 531 g/mol. The molecule has 8 heteroatoms. The molecule has 0 spiro atoms. The Labute approximate surface area is 198 Å². The van der Waals surface area contributed by atoms with Crippen LogP contribution in [0.25, 0.3) is 0 Å². The Kier molecular flexibility index (Phi) is 12.3. The van der Waals surface area contributed by atoms with Crippen LogP contribution in [0.2, 0.25) is 0 Å². The Balaban J connectivity index is 0.00000450. The Morgan fingerprint density at radius 1 is 1.23 bits per heavy atom. The van der Waals surface area contributed by atoms with Crippen molar-refractivity contribution in [2.45, 2.75) is 38.6 Å². The van der Waals surface area contributed by atoms with Crippen molar-refractivity contribution in [1.82, 2.24) is 15.5 Å². The van der Waals surface area contributed by atoms with E-state index in [2.05, 4.69) is 20.9 Å². The third-order valence-electron chi connectivity index (χ3n) is 5.49. The van der Waals surface area contributed by atoms with Crippen LogP contribution < -0.4 is 16.0 Å². The highest BCUT2D eigenvalue weighted by Crippen LogP contribution is 2.40. The van der Waals surface area contributed by atoms with Gasteiger partial charge in [-0.2, -0.15) is 0 Å². The fourth-order valence-electron chi connectivity index (χ4n) is 3.88. The van der Waals surface area contributed by atoms with Crippen LogP contribution in [0.1, 0.15) is 37.7 Å².